The van der Waals surface area contributed by atoms with E-state index in [0.29, 0.717) is 5.75 Å². The third-order valence-corrected chi connectivity index (χ3v) is 3.85. The standard InChI is InChI=1S/C6H7N3S3/c1-2-10-5-8-9-6(12-5)11-4-3-7/h2,4H2,1H3. The lowest BCUT2D eigenvalue weighted by molar-refractivity contribution is 0.955. The minimum atomic E-state index is 0.450. The van der Waals surface area contributed by atoms with E-state index in [1.807, 2.05) is 0 Å². The molecule has 12 heavy (non-hydrogen) atoms. The summed E-state index contributed by atoms with van der Waals surface area (Å²) in [7, 11) is 0. The molecule has 0 atom stereocenters. The van der Waals surface area contributed by atoms with Gasteiger partial charge in [-0.25, -0.2) is 0 Å². The van der Waals surface area contributed by atoms with Crippen LogP contribution in [0.4, 0.5) is 0 Å². The average Bonchev–Trinajstić information content (AvgIpc) is 2.50. The molecule has 64 valence electrons. The summed E-state index contributed by atoms with van der Waals surface area (Å²) in [5.41, 5.74) is 0. The number of thioether (sulfide) groups is 2. The normalized spacial score (nSPS) is 9.67. The van der Waals surface area contributed by atoms with E-state index in [1.165, 1.54) is 11.8 Å². The molecule has 0 saturated heterocycles. The predicted octanol–water partition coefficient (Wildman–Crippen LogP) is 2.27. The molecule has 1 aromatic heterocycles. The fourth-order valence-corrected chi connectivity index (χ4v) is 3.11. The van der Waals surface area contributed by atoms with Crippen molar-refractivity contribution in [2.45, 2.75) is 15.6 Å². The Labute approximate surface area is 83.6 Å². The molecule has 3 nitrogen and oxygen atoms in total. The Morgan fingerprint density at radius 1 is 1.42 bits per heavy atom. The lowest BCUT2D eigenvalue weighted by Crippen LogP contribution is -1.73. The van der Waals surface area contributed by atoms with Gasteiger partial charge in [0.1, 0.15) is 0 Å². The van der Waals surface area contributed by atoms with Crippen LogP contribution in [0.5, 0.6) is 0 Å². The van der Waals surface area contributed by atoms with E-state index in [-0.39, 0.29) is 0 Å². The first-order valence-corrected chi connectivity index (χ1v) is 6.11. The molecule has 1 aromatic rings. The molecule has 0 N–H and O–H groups in total. The van der Waals surface area contributed by atoms with Crippen LogP contribution in [0.1, 0.15) is 6.92 Å². The van der Waals surface area contributed by atoms with Crippen LogP contribution in [-0.2, 0) is 0 Å². The summed E-state index contributed by atoms with van der Waals surface area (Å²) in [5.74, 6) is 1.46. The van der Waals surface area contributed by atoms with E-state index in [2.05, 4.69) is 23.2 Å². The molecule has 0 fully saturated rings. The second kappa shape index (κ2) is 5.41. The summed E-state index contributed by atoms with van der Waals surface area (Å²) in [4.78, 5) is 0. The number of hydrogen-bond donors (Lipinski definition) is 0. The Kier molecular flexibility index (Phi) is 4.43. The Balaban J connectivity index is 2.47. The van der Waals surface area contributed by atoms with Gasteiger partial charge in [0, 0.05) is 0 Å². The van der Waals surface area contributed by atoms with Crippen molar-refractivity contribution < 1.29 is 0 Å². The topological polar surface area (TPSA) is 49.6 Å². The van der Waals surface area contributed by atoms with Crippen LogP contribution in [-0.4, -0.2) is 21.7 Å². The molecule has 0 bridgehead atoms. The molecule has 0 aromatic carbocycles. The van der Waals surface area contributed by atoms with Crippen LogP contribution >= 0.6 is 34.9 Å². The Bertz CT molecular complexity index is 278. The van der Waals surface area contributed by atoms with E-state index in [1.54, 1.807) is 23.1 Å². The van der Waals surface area contributed by atoms with Crippen LogP contribution in [0.25, 0.3) is 0 Å². The van der Waals surface area contributed by atoms with Crippen molar-refractivity contribution in [2.75, 3.05) is 11.5 Å². The van der Waals surface area contributed by atoms with Crippen LogP contribution in [0.3, 0.4) is 0 Å². The summed E-state index contributed by atoms with van der Waals surface area (Å²) in [5, 5.41) is 16.2. The van der Waals surface area contributed by atoms with Crippen LogP contribution in [0, 0.1) is 11.3 Å². The van der Waals surface area contributed by atoms with Crippen molar-refractivity contribution in [3.05, 3.63) is 0 Å². The molecule has 0 amide bonds. The molecule has 0 aliphatic carbocycles. The van der Waals surface area contributed by atoms with Gasteiger partial charge in [-0.2, -0.15) is 5.26 Å². The third-order valence-electron chi connectivity index (χ3n) is 0.916. The summed E-state index contributed by atoms with van der Waals surface area (Å²) in [6, 6.07) is 2.05. The smallest absolute Gasteiger partial charge is 0.176 e. The summed E-state index contributed by atoms with van der Waals surface area (Å²) in [6.07, 6.45) is 0. The fourth-order valence-electron chi connectivity index (χ4n) is 0.531. The van der Waals surface area contributed by atoms with E-state index < -0.39 is 0 Å². The predicted molar refractivity (Wildman–Crippen MR) is 52.6 cm³/mol. The van der Waals surface area contributed by atoms with Crippen molar-refractivity contribution in [2.24, 2.45) is 0 Å². The van der Waals surface area contributed by atoms with Gasteiger partial charge >= 0.3 is 0 Å². The van der Waals surface area contributed by atoms with Gasteiger partial charge in [0.05, 0.1) is 11.8 Å². The lowest BCUT2D eigenvalue weighted by Gasteiger charge is -1.84. The molecule has 1 heterocycles. The van der Waals surface area contributed by atoms with Gasteiger partial charge in [0.15, 0.2) is 8.68 Å². The number of nitriles is 1. The zero-order chi connectivity index (χ0) is 8.81. The van der Waals surface area contributed by atoms with Crippen LogP contribution in [0.15, 0.2) is 8.68 Å². The van der Waals surface area contributed by atoms with Crippen LogP contribution in [0.2, 0.25) is 0 Å². The average molecular weight is 217 g/mol. The molecule has 0 aliphatic heterocycles. The fraction of sp³-hybridized carbons (Fsp3) is 0.500. The van der Waals surface area contributed by atoms with Gasteiger partial charge in [0.2, 0.25) is 0 Å². The van der Waals surface area contributed by atoms with Gasteiger partial charge in [-0.3, -0.25) is 0 Å². The summed E-state index contributed by atoms with van der Waals surface area (Å²) in [6.45, 7) is 2.08. The first-order valence-electron chi connectivity index (χ1n) is 3.33. The highest BCUT2D eigenvalue weighted by Crippen LogP contribution is 2.27. The van der Waals surface area contributed by atoms with Crippen molar-refractivity contribution in [1.29, 1.82) is 5.26 Å². The lowest BCUT2D eigenvalue weighted by atomic mass is 10.9. The second-order valence-electron chi connectivity index (χ2n) is 1.71. The van der Waals surface area contributed by atoms with E-state index >= 15 is 0 Å². The first kappa shape index (κ1) is 9.84. The number of rotatable bonds is 4. The van der Waals surface area contributed by atoms with Gasteiger partial charge in [-0.05, 0) is 5.75 Å². The Morgan fingerprint density at radius 3 is 2.67 bits per heavy atom. The van der Waals surface area contributed by atoms with E-state index in [0.717, 1.165) is 14.4 Å². The number of aromatic nitrogens is 2. The van der Waals surface area contributed by atoms with Gasteiger partial charge in [-0.15, -0.1) is 10.2 Å². The Hall–Kier alpha value is -0.250. The van der Waals surface area contributed by atoms with Gasteiger partial charge in [-0.1, -0.05) is 41.8 Å². The molecule has 0 spiro atoms. The van der Waals surface area contributed by atoms with Crippen molar-refractivity contribution in [3.8, 4) is 6.07 Å². The van der Waals surface area contributed by atoms with Crippen LogP contribution < -0.4 is 0 Å². The maximum Gasteiger partial charge on any atom is 0.176 e. The van der Waals surface area contributed by atoms with Crippen molar-refractivity contribution >= 4 is 34.9 Å². The molecule has 0 radical (unpaired) electrons. The van der Waals surface area contributed by atoms with E-state index in [9.17, 15) is 0 Å². The quantitative estimate of drug-likeness (QED) is 0.724. The largest absolute Gasteiger partial charge is 0.197 e. The van der Waals surface area contributed by atoms with E-state index in [4.69, 9.17) is 5.26 Å². The van der Waals surface area contributed by atoms with Gasteiger partial charge in [0.25, 0.3) is 0 Å². The zero-order valence-electron chi connectivity index (χ0n) is 6.48. The SMILES string of the molecule is CCSc1nnc(SCC#N)s1. The number of nitrogens with zero attached hydrogens (tertiary/aromatic N) is 3. The third kappa shape index (κ3) is 3.01. The maximum atomic E-state index is 8.32. The highest BCUT2D eigenvalue weighted by Gasteiger charge is 2.03. The highest BCUT2D eigenvalue weighted by atomic mass is 32.2. The van der Waals surface area contributed by atoms with Crippen molar-refractivity contribution in [3.63, 3.8) is 0 Å². The molecular formula is C6H7N3S3. The Morgan fingerprint density at radius 2 is 2.08 bits per heavy atom. The highest BCUT2D eigenvalue weighted by molar-refractivity contribution is 8.03. The number of hydrogen-bond acceptors (Lipinski definition) is 6. The van der Waals surface area contributed by atoms with Crippen molar-refractivity contribution in [1.82, 2.24) is 10.2 Å². The summed E-state index contributed by atoms with van der Waals surface area (Å²) < 4.78 is 1.87. The molecule has 0 saturated carbocycles. The second-order valence-corrected chi connectivity index (χ2v) is 5.42. The summed E-state index contributed by atoms with van der Waals surface area (Å²) >= 11 is 4.67. The minimum absolute atomic E-state index is 0.450. The molecule has 1 rings (SSSR count). The minimum Gasteiger partial charge on any atom is -0.197 e. The molecule has 0 aliphatic rings. The monoisotopic (exact) mass is 217 g/mol. The molecular weight excluding hydrogens is 210 g/mol. The first-order chi connectivity index (χ1) is 5.86. The molecule has 0 unspecified atom stereocenters. The maximum absolute atomic E-state index is 8.32. The van der Waals surface area contributed by atoms with Gasteiger partial charge < -0.3 is 0 Å². The molecule has 6 heteroatoms. The zero-order valence-corrected chi connectivity index (χ0v) is 8.93.